The van der Waals surface area contributed by atoms with Crippen LogP contribution in [0.25, 0.3) is 0 Å². The molecule has 1 aliphatic heterocycles. The standard InChI is InChI=1S/C10H20N2O3/c1-10(2,3)15-9(13)12(5-4-11)8-6-14-7-8/h8H,4-7,11H2,1-3H3. The quantitative estimate of drug-likeness (QED) is 0.749. The zero-order valence-electron chi connectivity index (χ0n) is 9.66. The third kappa shape index (κ3) is 3.68. The molecule has 0 aliphatic carbocycles. The Balaban J connectivity index is 2.50. The van der Waals surface area contributed by atoms with Gasteiger partial charge in [-0.15, -0.1) is 0 Å². The molecule has 0 radical (unpaired) electrons. The maximum absolute atomic E-state index is 11.8. The van der Waals surface area contributed by atoms with Crippen LogP contribution in [0.3, 0.4) is 0 Å². The normalized spacial score (nSPS) is 17.1. The van der Waals surface area contributed by atoms with Gasteiger partial charge in [0.2, 0.25) is 0 Å². The highest BCUT2D eigenvalue weighted by atomic mass is 16.6. The molecular formula is C10H20N2O3. The number of hydrogen-bond donors (Lipinski definition) is 1. The first-order chi connectivity index (χ1) is 6.94. The fourth-order valence-electron chi connectivity index (χ4n) is 1.29. The molecule has 0 aromatic heterocycles. The molecule has 0 bridgehead atoms. The third-order valence-corrected chi connectivity index (χ3v) is 2.06. The van der Waals surface area contributed by atoms with Crippen molar-refractivity contribution in [2.45, 2.75) is 32.4 Å². The van der Waals surface area contributed by atoms with Crippen LogP contribution < -0.4 is 5.73 Å². The lowest BCUT2D eigenvalue weighted by atomic mass is 10.2. The molecule has 0 atom stereocenters. The molecule has 1 fully saturated rings. The van der Waals surface area contributed by atoms with Crippen LogP contribution in [-0.4, -0.2) is 48.9 Å². The van der Waals surface area contributed by atoms with Crippen molar-refractivity contribution in [2.75, 3.05) is 26.3 Å². The Labute approximate surface area is 90.5 Å². The summed E-state index contributed by atoms with van der Waals surface area (Å²) in [5.74, 6) is 0. The van der Waals surface area contributed by atoms with Gasteiger partial charge in [-0.3, -0.25) is 4.90 Å². The van der Waals surface area contributed by atoms with Crippen molar-refractivity contribution in [3.63, 3.8) is 0 Å². The minimum atomic E-state index is -0.464. The van der Waals surface area contributed by atoms with Crippen LogP contribution >= 0.6 is 0 Å². The monoisotopic (exact) mass is 216 g/mol. The fraction of sp³-hybridized carbons (Fsp3) is 0.900. The van der Waals surface area contributed by atoms with Crippen molar-refractivity contribution >= 4 is 6.09 Å². The summed E-state index contributed by atoms with van der Waals surface area (Å²) in [6, 6.07) is 0.128. The lowest BCUT2D eigenvalue weighted by molar-refractivity contribution is -0.0695. The molecule has 5 nitrogen and oxygen atoms in total. The number of nitrogens with zero attached hydrogens (tertiary/aromatic N) is 1. The number of rotatable bonds is 3. The van der Waals surface area contributed by atoms with E-state index in [2.05, 4.69) is 0 Å². The highest BCUT2D eigenvalue weighted by Gasteiger charge is 2.32. The molecule has 0 aromatic rings. The Bertz CT molecular complexity index is 221. The van der Waals surface area contributed by atoms with E-state index in [-0.39, 0.29) is 12.1 Å². The summed E-state index contributed by atoms with van der Waals surface area (Å²) >= 11 is 0. The van der Waals surface area contributed by atoms with Crippen molar-refractivity contribution in [1.82, 2.24) is 4.90 Å². The molecule has 2 N–H and O–H groups in total. The molecule has 15 heavy (non-hydrogen) atoms. The van der Waals surface area contributed by atoms with Crippen LogP contribution in [0.2, 0.25) is 0 Å². The molecule has 5 heteroatoms. The van der Waals surface area contributed by atoms with Crippen LogP contribution in [-0.2, 0) is 9.47 Å². The molecule has 1 heterocycles. The summed E-state index contributed by atoms with van der Waals surface area (Å²) in [4.78, 5) is 13.4. The number of carbonyl (C=O) groups excluding carboxylic acids is 1. The topological polar surface area (TPSA) is 64.8 Å². The molecule has 1 amide bonds. The van der Waals surface area contributed by atoms with Crippen LogP contribution in [0.4, 0.5) is 4.79 Å². The van der Waals surface area contributed by atoms with Gasteiger partial charge in [0.05, 0.1) is 19.3 Å². The molecule has 0 saturated carbocycles. The molecule has 0 aromatic carbocycles. The number of ether oxygens (including phenoxy) is 2. The maximum atomic E-state index is 11.8. The second-order valence-electron chi connectivity index (χ2n) is 4.65. The van der Waals surface area contributed by atoms with Gasteiger partial charge in [-0.2, -0.15) is 0 Å². The van der Waals surface area contributed by atoms with Crippen molar-refractivity contribution in [2.24, 2.45) is 5.73 Å². The van der Waals surface area contributed by atoms with Crippen LogP contribution in [0.5, 0.6) is 0 Å². The van der Waals surface area contributed by atoms with Gasteiger partial charge in [0, 0.05) is 13.1 Å². The second-order valence-corrected chi connectivity index (χ2v) is 4.65. The summed E-state index contributed by atoms with van der Waals surface area (Å²) in [5.41, 5.74) is 4.99. The smallest absolute Gasteiger partial charge is 0.410 e. The van der Waals surface area contributed by atoms with Crippen LogP contribution in [0.15, 0.2) is 0 Å². The summed E-state index contributed by atoms with van der Waals surface area (Å²) in [6.45, 7) is 7.67. The van der Waals surface area contributed by atoms with Crippen LogP contribution in [0.1, 0.15) is 20.8 Å². The van der Waals surface area contributed by atoms with E-state index >= 15 is 0 Å². The van der Waals surface area contributed by atoms with E-state index in [9.17, 15) is 4.79 Å². The van der Waals surface area contributed by atoms with Crippen molar-refractivity contribution in [3.05, 3.63) is 0 Å². The Morgan fingerprint density at radius 2 is 2.13 bits per heavy atom. The molecule has 0 unspecified atom stereocenters. The molecular weight excluding hydrogens is 196 g/mol. The highest BCUT2D eigenvalue weighted by Crippen LogP contribution is 2.15. The lowest BCUT2D eigenvalue weighted by Gasteiger charge is -2.37. The largest absolute Gasteiger partial charge is 0.444 e. The van der Waals surface area contributed by atoms with Gasteiger partial charge in [-0.1, -0.05) is 0 Å². The summed E-state index contributed by atoms with van der Waals surface area (Å²) < 4.78 is 10.3. The van der Waals surface area contributed by atoms with Crippen molar-refractivity contribution < 1.29 is 14.3 Å². The predicted octanol–water partition coefficient (Wildman–Crippen LogP) is 0.581. The SMILES string of the molecule is CC(C)(C)OC(=O)N(CCN)C1COC1. The van der Waals surface area contributed by atoms with E-state index in [1.807, 2.05) is 20.8 Å². The van der Waals surface area contributed by atoms with Gasteiger partial charge in [0.1, 0.15) is 5.60 Å². The van der Waals surface area contributed by atoms with Gasteiger partial charge >= 0.3 is 6.09 Å². The van der Waals surface area contributed by atoms with Gasteiger partial charge in [-0.05, 0) is 20.8 Å². The molecule has 1 rings (SSSR count). The zero-order chi connectivity index (χ0) is 11.5. The van der Waals surface area contributed by atoms with Gasteiger partial charge in [-0.25, -0.2) is 4.79 Å². The maximum Gasteiger partial charge on any atom is 0.410 e. The van der Waals surface area contributed by atoms with E-state index in [1.54, 1.807) is 4.90 Å². The predicted molar refractivity (Wildman–Crippen MR) is 56.6 cm³/mol. The molecule has 88 valence electrons. The number of nitrogens with two attached hydrogens (primary N) is 1. The molecule has 1 saturated heterocycles. The van der Waals surface area contributed by atoms with E-state index < -0.39 is 5.60 Å². The van der Waals surface area contributed by atoms with Gasteiger partial charge < -0.3 is 15.2 Å². The Morgan fingerprint density at radius 1 is 1.53 bits per heavy atom. The Kier molecular flexibility index (Phi) is 3.93. The second kappa shape index (κ2) is 4.81. The summed E-state index contributed by atoms with van der Waals surface area (Å²) in [6.07, 6.45) is -0.304. The van der Waals surface area contributed by atoms with E-state index in [0.717, 1.165) is 0 Å². The highest BCUT2D eigenvalue weighted by molar-refractivity contribution is 5.68. The van der Waals surface area contributed by atoms with E-state index in [1.165, 1.54) is 0 Å². The average molecular weight is 216 g/mol. The Morgan fingerprint density at radius 3 is 2.47 bits per heavy atom. The zero-order valence-corrected chi connectivity index (χ0v) is 9.66. The first-order valence-electron chi connectivity index (χ1n) is 5.21. The summed E-state index contributed by atoms with van der Waals surface area (Å²) in [5, 5.41) is 0. The Hall–Kier alpha value is -0.810. The summed E-state index contributed by atoms with van der Waals surface area (Å²) in [7, 11) is 0. The minimum absolute atomic E-state index is 0.128. The average Bonchev–Trinajstić information content (AvgIpc) is 1.96. The van der Waals surface area contributed by atoms with E-state index in [4.69, 9.17) is 15.2 Å². The molecule has 1 aliphatic rings. The van der Waals surface area contributed by atoms with Gasteiger partial charge in [0.15, 0.2) is 0 Å². The minimum Gasteiger partial charge on any atom is -0.444 e. The number of amides is 1. The van der Waals surface area contributed by atoms with Crippen molar-refractivity contribution in [3.8, 4) is 0 Å². The van der Waals surface area contributed by atoms with E-state index in [0.29, 0.717) is 26.3 Å². The fourth-order valence-corrected chi connectivity index (χ4v) is 1.29. The molecule has 0 spiro atoms. The van der Waals surface area contributed by atoms with Crippen LogP contribution in [0, 0.1) is 0 Å². The first-order valence-corrected chi connectivity index (χ1v) is 5.21. The van der Waals surface area contributed by atoms with Crippen molar-refractivity contribution in [1.29, 1.82) is 0 Å². The third-order valence-electron chi connectivity index (χ3n) is 2.06. The number of carbonyl (C=O) groups is 1. The first kappa shape index (κ1) is 12.3. The lowest BCUT2D eigenvalue weighted by Crippen LogP contribution is -2.54. The van der Waals surface area contributed by atoms with Gasteiger partial charge in [0.25, 0.3) is 0 Å². The number of hydrogen-bond acceptors (Lipinski definition) is 4.